The molecule has 0 saturated heterocycles. The van der Waals surface area contributed by atoms with Crippen molar-refractivity contribution in [3.63, 3.8) is 0 Å². The minimum Gasteiger partial charge on any atom is -0.369 e. The molecule has 108 valence electrons. The average molecular weight is 346 g/mol. The van der Waals surface area contributed by atoms with E-state index >= 15 is 0 Å². The second-order valence-corrected chi connectivity index (χ2v) is 5.79. The van der Waals surface area contributed by atoms with Crippen LogP contribution >= 0.6 is 15.9 Å². The van der Waals surface area contributed by atoms with E-state index < -0.39 is 0 Å². The first-order chi connectivity index (χ1) is 10.2. The van der Waals surface area contributed by atoms with E-state index in [2.05, 4.69) is 56.2 Å². The lowest BCUT2D eigenvalue weighted by molar-refractivity contribution is 0.886. The van der Waals surface area contributed by atoms with Gasteiger partial charge in [-0.3, -0.25) is 0 Å². The molecule has 0 spiro atoms. The molecule has 5 nitrogen and oxygen atoms in total. The predicted molar refractivity (Wildman–Crippen MR) is 87.9 cm³/mol. The lowest BCUT2D eigenvalue weighted by Crippen LogP contribution is -2.04. The van der Waals surface area contributed by atoms with Gasteiger partial charge in [0.2, 0.25) is 0 Å². The lowest BCUT2D eigenvalue weighted by Gasteiger charge is -2.08. The molecule has 0 atom stereocenters. The van der Waals surface area contributed by atoms with Crippen LogP contribution in [0, 0.1) is 6.92 Å². The van der Waals surface area contributed by atoms with Gasteiger partial charge in [0.15, 0.2) is 5.65 Å². The normalized spacial score (nSPS) is 11.0. The van der Waals surface area contributed by atoms with Gasteiger partial charge in [0.25, 0.3) is 0 Å². The lowest BCUT2D eigenvalue weighted by atomic mass is 10.2. The van der Waals surface area contributed by atoms with Gasteiger partial charge in [0.05, 0.1) is 17.3 Å². The molecule has 2 heterocycles. The number of fused-ring (bicyclic) bond motifs is 1. The summed E-state index contributed by atoms with van der Waals surface area (Å²) in [5, 5.41) is 8.74. The Morgan fingerprint density at radius 2 is 2.14 bits per heavy atom. The monoisotopic (exact) mass is 345 g/mol. The van der Waals surface area contributed by atoms with Crippen molar-refractivity contribution in [1.29, 1.82) is 0 Å². The molecule has 0 saturated carbocycles. The van der Waals surface area contributed by atoms with Crippen LogP contribution in [0.1, 0.15) is 18.9 Å². The Hall–Kier alpha value is -1.95. The number of aromatic nitrogens is 4. The van der Waals surface area contributed by atoms with Crippen LogP contribution in [-0.2, 0) is 0 Å². The van der Waals surface area contributed by atoms with Gasteiger partial charge >= 0.3 is 0 Å². The molecule has 3 rings (SSSR count). The van der Waals surface area contributed by atoms with E-state index in [1.54, 1.807) is 6.33 Å². The maximum atomic E-state index is 4.48. The van der Waals surface area contributed by atoms with Crippen molar-refractivity contribution in [1.82, 2.24) is 19.7 Å². The van der Waals surface area contributed by atoms with Gasteiger partial charge in [0, 0.05) is 11.0 Å². The average Bonchev–Trinajstić information content (AvgIpc) is 2.89. The minimum atomic E-state index is 0.814. The fraction of sp³-hybridized carbons (Fsp3) is 0.267. The Bertz CT molecular complexity index is 781. The fourth-order valence-electron chi connectivity index (χ4n) is 2.26. The summed E-state index contributed by atoms with van der Waals surface area (Å²) in [6, 6.07) is 6.11. The van der Waals surface area contributed by atoms with Crippen molar-refractivity contribution in [2.45, 2.75) is 20.3 Å². The van der Waals surface area contributed by atoms with Crippen molar-refractivity contribution in [3.8, 4) is 5.69 Å². The number of hydrogen-bond acceptors (Lipinski definition) is 4. The van der Waals surface area contributed by atoms with Crippen molar-refractivity contribution in [2.24, 2.45) is 0 Å². The van der Waals surface area contributed by atoms with Crippen LogP contribution in [0.2, 0.25) is 0 Å². The number of nitrogens with zero attached hydrogens (tertiary/aromatic N) is 4. The van der Waals surface area contributed by atoms with Crippen LogP contribution < -0.4 is 5.32 Å². The summed E-state index contributed by atoms with van der Waals surface area (Å²) in [7, 11) is 0. The van der Waals surface area contributed by atoms with E-state index in [9.17, 15) is 0 Å². The highest BCUT2D eigenvalue weighted by Crippen LogP contribution is 2.24. The van der Waals surface area contributed by atoms with E-state index in [0.29, 0.717) is 0 Å². The molecule has 6 heteroatoms. The van der Waals surface area contributed by atoms with E-state index in [-0.39, 0.29) is 0 Å². The molecule has 0 amide bonds. The summed E-state index contributed by atoms with van der Waals surface area (Å²) in [6.07, 6.45) is 4.44. The van der Waals surface area contributed by atoms with Crippen molar-refractivity contribution < 1.29 is 0 Å². The molecule has 0 bridgehead atoms. The van der Waals surface area contributed by atoms with Gasteiger partial charge < -0.3 is 5.32 Å². The van der Waals surface area contributed by atoms with E-state index in [1.807, 2.05) is 23.0 Å². The van der Waals surface area contributed by atoms with Crippen LogP contribution in [-0.4, -0.2) is 26.3 Å². The molecular formula is C15H16BrN5. The van der Waals surface area contributed by atoms with Crippen LogP contribution in [0.4, 0.5) is 5.82 Å². The van der Waals surface area contributed by atoms with Crippen LogP contribution in [0.15, 0.2) is 35.2 Å². The highest BCUT2D eigenvalue weighted by molar-refractivity contribution is 9.10. The van der Waals surface area contributed by atoms with Crippen LogP contribution in [0.25, 0.3) is 16.7 Å². The quantitative estimate of drug-likeness (QED) is 0.783. The first kappa shape index (κ1) is 14.0. The zero-order chi connectivity index (χ0) is 14.8. The molecule has 1 aromatic carbocycles. The standard InChI is InChI=1S/C15H16BrN5/c1-3-6-17-14-12-8-20-21(15(12)19-9-18-14)13-5-4-11(16)7-10(13)2/h4-5,7-9H,3,6H2,1-2H3,(H,17,18,19). The third-order valence-electron chi connectivity index (χ3n) is 3.30. The van der Waals surface area contributed by atoms with Gasteiger partial charge in [-0.15, -0.1) is 0 Å². The van der Waals surface area contributed by atoms with Crippen LogP contribution in [0.5, 0.6) is 0 Å². The number of anilines is 1. The summed E-state index contributed by atoms with van der Waals surface area (Å²) in [4.78, 5) is 8.69. The summed E-state index contributed by atoms with van der Waals surface area (Å²) < 4.78 is 2.91. The molecule has 0 aliphatic carbocycles. The fourth-order valence-corrected chi connectivity index (χ4v) is 2.74. The molecule has 0 aliphatic heterocycles. The molecule has 21 heavy (non-hydrogen) atoms. The molecule has 2 aromatic heterocycles. The molecule has 0 radical (unpaired) electrons. The molecule has 1 N–H and O–H groups in total. The summed E-state index contributed by atoms with van der Waals surface area (Å²) >= 11 is 3.48. The number of aryl methyl sites for hydroxylation is 1. The number of nitrogens with one attached hydrogen (secondary N) is 1. The largest absolute Gasteiger partial charge is 0.369 e. The summed E-state index contributed by atoms with van der Waals surface area (Å²) in [5.74, 6) is 0.836. The third-order valence-corrected chi connectivity index (χ3v) is 3.79. The number of hydrogen-bond donors (Lipinski definition) is 1. The van der Waals surface area contributed by atoms with Gasteiger partial charge in [0.1, 0.15) is 12.1 Å². The molecule has 0 unspecified atom stereocenters. The van der Waals surface area contributed by atoms with Crippen molar-refractivity contribution >= 4 is 32.8 Å². The summed E-state index contributed by atoms with van der Waals surface area (Å²) in [6.45, 7) is 5.07. The molecule has 0 fully saturated rings. The van der Waals surface area contributed by atoms with E-state index in [1.165, 1.54) is 0 Å². The second-order valence-electron chi connectivity index (χ2n) is 4.87. The predicted octanol–water partition coefficient (Wildman–Crippen LogP) is 3.71. The SMILES string of the molecule is CCCNc1ncnc2c1cnn2-c1ccc(Br)cc1C. The van der Waals surface area contributed by atoms with Crippen molar-refractivity contribution in [3.05, 3.63) is 40.8 Å². The Morgan fingerprint density at radius 1 is 1.29 bits per heavy atom. The Morgan fingerprint density at radius 3 is 2.90 bits per heavy atom. The first-order valence-electron chi connectivity index (χ1n) is 6.90. The van der Waals surface area contributed by atoms with Gasteiger partial charge in [-0.1, -0.05) is 22.9 Å². The van der Waals surface area contributed by atoms with Gasteiger partial charge in [-0.2, -0.15) is 5.10 Å². The second kappa shape index (κ2) is 5.81. The summed E-state index contributed by atoms with van der Waals surface area (Å²) in [5.41, 5.74) is 2.97. The Kier molecular flexibility index (Phi) is 3.88. The maximum Gasteiger partial charge on any atom is 0.168 e. The highest BCUT2D eigenvalue weighted by atomic mass is 79.9. The topological polar surface area (TPSA) is 55.6 Å². The minimum absolute atomic E-state index is 0.814. The highest BCUT2D eigenvalue weighted by Gasteiger charge is 2.12. The smallest absolute Gasteiger partial charge is 0.168 e. The number of rotatable bonds is 4. The zero-order valence-corrected chi connectivity index (χ0v) is 13.6. The van der Waals surface area contributed by atoms with Crippen molar-refractivity contribution in [2.75, 3.05) is 11.9 Å². The Balaban J connectivity index is 2.12. The number of halogens is 1. The first-order valence-corrected chi connectivity index (χ1v) is 7.69. The van der Waals surface area contributed by atoms with Gasteiger partial charge in [-0.25, -0.2) is 14.6 Å². The number of benzene rings is 1. The molecule has 0 aliphatic rings. The maximum absolute atomic E-state index is 4.48. The molecule has 3 aromatic rings. The third kappa shape index (κ3) is 2.63. The Labute approximate surface area is 131 Å². The van der Waals surface area contributed by atoms with Gasteiger partial charge in [-0.05, 0) is 37.1 Å². The van der Waals surface area contributed by atoms with E-state index in [0.717, 1.165) is 45.5 Å². The molecular weight excluding hydrogens is 330 g/mol. The van der Waals surface area contributed by atoms with Crippen LogP contribution in [0.3, 0.4) is 0 Å². The van der Waals surface area contributed by atoms with E-state index in [4.69, 9.17) is 0 Å². The zero-order valence-electron chi connectivity index (χ0n) is 12.0.